The van der Waals surface area contributed by atoms with Crippen molar-refractivity contribution in [3.8, 4) is 5.75 Å². The topological polar surface area (TPSA) is 76.4 Å². The smallest absolute Gasteiger partial charge is 0.191 e. The average molecular weight is 419 g/mol. The second-order valence-corrected chi connectivity index (χ2v) is 8.28. The summed E-state index contributed by atoms with van der Waals surface area (Å²) < 4.78 is 7.96. The van der Waals surface area contributed by atoms with Gasteiger partial charge >= 0.3 is 0 Å². The van der Waals surface area contributed by atoms with Gasteiger partial charge in [-0.25, -0.2) is 4.99 Å². The van der Waals surface area contributed by atoms with E-state index in [2.05, 4.69) is 52.2 Å². The van der Waals surface area contributed by atoms with Crippen LogP contribution >= 0.6 is 11.8 Å². The summed E-state index contributed by atoms with van der Waals surface area (Å²) in [6.45, 7) is 10.1. The molecule has 0 radical (unpaired) electrons. The van der Waals surface area contributed by atoms with Crippen LogP contribution in [0.3, 0.4) is 0 Å². The lowest BCUT2D eigenvalue weighted by Gasteiger charge is -2.15. The van der Waals surface area contributed by atoms with Gasteiger partial charge in [-0.1, -0.05) is 12.1 Å². The van der Waals surface area contributed by atoms with Crippen LogP contribution in [0, 0.1) is 13.8 Å². The predicted molar refractivity (Wildman–Crippen MR) is 122 cm³/mol. The number of aryl methyl sites for hydroxylation is 2. The molecule has 2 aromatic rings. The molecule has 0 bridgehead atoms. The number of ether oxygens (including phenoxy) is 1. The van der Waals surface area contributed by atoms with E-state index in [-0.39, 0.29) is 6.10 Å². The number of rotatable bonds is 10. The van der Waals surface area contributed by atoms with Crippen LogP contribution in [0.2, 0.25) is 0 Å². The van der Waals surface area contributed by atoms with Crippen LogP contribution in [0.1, 0.15) is 43.0 Å². The maximum absolute atomic E-state index is 5.98. The molecule has 7 nitrogen and oxygen atoms in total. The lowest BCUT2D eigenvalue weighted by molar-refractivity contribution is 0.240. The molecule has 0 aliphatic carbocycles. The summed E-state index contributed by atoms with van der Waals surface area (Å²) in [5.74, 6) is 4.55. The molecule has 0 unspecified atom stereocenters. The number of hydrogen-bond donors (Lipinski definition) is 2. The van der Waals surface area contributed by atoms with Crippen molar-refractivity contribution < 1.29 is 4.74 Å². The van der Waals surface area contributed by atoms with Gasteiger partial charge in [-0.05, 0) is 57.8 Å². The molecular formula is C21H34N6OS. The first-order valence-corrected chi connectivity index (χ1v) is 11.4. The Morgan fingerprint density at radius 1 is 1.24 bits per heavy atom. The zero-order valence-corrected chi connectivity index (χ0v) is 19.3. The zero-order chi connectivity index (χ0) is 21.2. The second-order valence-electron chi connectivity index (χ2n) is 7.29. The summed E-state index contributed by atoms with van der Waals surface area (Å²) in [7, 11) is 1.97. The molecule has 0 aliphatic heterocycles. The van der Waals surface area contributed by atoms with Crippen molar-refractivity contribution in [2.45, 2.75) is 53.3 Å². The molecular weight excluding hydrogens is 384 g/mol. The molecule has 0 fully saturated rings. The minimum atomic E-state index is 0.126. The molecule has 0 spiro atoms. The van der Waals surface area contributed by atoms with Crippen molar-refractivity contribution >= 4 is 17.7 Å². The number of guanidine groups is 1. The van der Waals surface area contributed by atoms with Crippen molar-refractivity contribution in [3.63, 3.8) is 0 Å². The summed E-state index contributed by atoms with van der Waals surface area (Å²) >= 11 is 1.85. The van der Waals surface area contributed by atoms with Gasteiger partial charge in [0.15, 0.2) is 11.8 Å². The van der Waals surface area contributed by atoms with Gasteiger partial charge in [-0.3, -0.25) is 0 Å². The Morgan fingerprint density at radius 2 is 2.03 bits per heavy atom. The van der Waals surface area contributed by atoms with Gasteiger partial charge in [0.2, 0.25) is 0 Å². The maximum atomic E-state index is 5.98. The van der Waals surface area contributed by atoms with Gasteiger partial charge in [-0.2, -0.15) is 11.8 Å². The Bertz CT molecular complexity index is 802. The van der Waals surface area contributed by atoms with Crippen molar-refractivity contribution in [3.05, 3.63) is 41.0 Å². The minimum Gasteiger partial charge on any atom is -0.491 e. The number of nitrogens with zero attached hydrogens (tertiary/aromatic N) is 4. The largest absolute Gasteiger partial charge is 0.491 e. The van der Waals surface area contributed by atoms with Gasteiger partial charge in [0.05, 0.1) is 19.2 Å². The third-order valence-electron chi connectivity index (χ3n) is 4.41. The maximum Gasteiger partial charge on any atom is 0.191 e. The summed E-state index contributed by atoms with van der Waals surface area (Å²) in [6.07, 6.45) is 3.33. The SMILES string of the molecule is CSCCCNC(=NCc1ccc(C)cc1OC(C)C)NCc1nnc(C)n1C. The third-order valence-corrected chi connectivity index (χ3v) is 5.10. The molecule has 0 amide bonds. The molecule has 1 aromatic carbocycles. The molecule has 29 heavy (non-hydrogen) atoms. The highest BCUT2D eigenvalue weighted by Crippen LogP contribution is 2.22. The second kappa shape index (κ2) is 11.7. The fourth-order valence-corrected chi connectivity index (χ4v) is 3.12. The normalized spacial score (nSPS) is 11.8. The van der Waals surface area contributed by atoms with Crippen molar-refractivity contribution in [2.24, 2.45) is 12.0 Å². The van der Waals surface area contributed by atoms with Crippen molar-refractivity contribution in [2.75, 3.05) is 18.6 Å². The molecule has 0 aliphatic rings. The van der Waals surface area contributed by atoms with Crippen LogP contribution in [0.5, 0.6) is 5.75 Å². The van der Waals surface area contributed by atoms with Gasteiger partial charge in [0, 0.05) is 19.2 Å². The zero-order valence-electron chi connectivity index (χ0n) is 18.5. The Morgan fingerprint density at radius 3 is 2.69 bits per heavy atom. The number of hydrogen-bond acceptors (Lipinski definition) is 5. The lowest BCUT2D eigenvalue weighted by atomic mass is 10.1. The number of benzene rings is 1. The van der Waals surface area contributed by atoms with Gasteiger partial charge in [0.25, 0.3) is 0 Å². The molecule has 2 N–H and O–H groups in total. The molecule has 1 aromatic heterocycles. The van der Waals surface area contributed by atoms with Crippen molar-refractivity contribution in [1.82, 2.24) is 25.4 Å². The Labute approximate surface area is 178 Å². The monoisotopic (exact) mass is 418 g/mol. The van der Waals surface area contributed by atoms with Crippen molar-refractivity contribution in [1.29, 1.82) is 0 Å². The summed E-state index contributed by atoms with van der Waals surface area (Å²) in [4.78, 5) is 4.79. The van der Waals surface area contributed by atoms with Crippen LogP contribution in [0.4, 0.5) is 0 Å². The predicted octanol–water partition coefficient (Wildman–Crippen LogP) is 3.21. The fourth-order valence-electron chi connectivity index (χ4n) is 2.69. The first-order valence-electron chi connectivity index (χ1n) is 10.0. The number of nitrogens with one attached hydrogen (secondary N) is 2. The van der Waals surface area contributed by atoms with E-state index in [1.807, 2.05) is 44.1 Å². The Hall–Kier alpha value is -2.22. The molecule has 0 atom stereocenters. The Kier molecular flexibility index (Phi) is 9.31. The third kappa shape index (κ3) is 7.61. The van der Waals surface area contributed by atoms with E-state index in [0.29, 0.717) is 13.1 Å². The highest BCUT2D eigenvalue weighted by molar-refractivity contribution is 7.98. The summed E-state index contributed by atoms with van der Waals surface area (Å²) in [6, 6.07) is 6.26. The summed E-state index contributed by atoms with van der Waals surface area (Å²) in [5, 5.41) is 15.1. The van der Waals surface area contributed by atoms with E-state index >= 15 is 0 Å². The summed E-state index contributed by atoms with van der Waals surface area (Å²) in [5.41, 5.74) is 2.25. The number of aromatic nitrogens is 3. The van der Waals surface area contributed by atoms with E-state index in [9.17, 15) is 0 Å². The highest BCUT2D eigenvalue weighted by Gasteiger charge is 2.09. The molecule has 8 heteroatoms. The molecule has 160 valence electrons. The van der Waals surface area contributed by atoms with E-state index in [4.69, 9.17) is 9.73 Å². The lowest BCUT2D eigenvalue weighted by Crippen LogP contribution is -2.38. The fraction of sp³-hybridized carbons (Fsp3) is 0.571. The van der Waals surface area contributed by atoms with E-state index in [0.717, 1.165) is 47.6 Å². The van der Waals surface area contributed by atoms with Crippen LogP contribution in [-0.2, 0) is 20.1 Å². The van der Waals surface area contributed by atoms with E-state index < -0.39 is 0 Å². The van der Waals surface area contributed by atoms with Crippen LogP contribution in [-0.4, -0.2) is 45.4 Å². The van der Waals surface area contributed by atoms with Gasteiger partial charge < -0.3 is 19.9 Å². The average Bonchev–Trinajstić information content (AvgIpc) is 2.99. The minimum absolute atomic E-state index is 0.126. The highest BCUT2D eigenvalue weighted by atomic mass is 32.2. The standard InChI is InChI=1S/C21H34N6OS/c1-15(2)28-19-12-16(3)8-9-18(19)13-23-21(22-10-7-11-29-6)24-14-20-26-25-17(4)27(20)5/h8-9,12,15H,7,10-11,13-14H2,1-6H3,(H2,22,23,24). The van der Waals surface area contributed by atoms with Crippen LogP contribution in [0.25, 0.3) is 0 Å². The Balaban J connectivity index is 2.10. The van der Waals surface area contributed by atoms with Gasteiger partial charge in [-0.15, -0.1) is 10.2 Å². The van der Waals surface area contributed by atoms with E-state index in [1.54, 1.807) is 0 Å². The molecule has 1 heterocycles. The first kappa shape index (κ1) is 23.1. The quantitative estimate of drug-likeness (QED) is 0.351. The molecule has 0 saturated carbocycles. The van der Waals surface area contributed by atoms with Gasteiger partial charge in [0.1, 0.15) is 11.6 Å². The van der Waals surface area contributed by atoms with E-state index in [1.165, 1.54) is 5.56 Å². The number of thioether (sulfide) groups is 1. The van der Waals surface area contributed by atoms with Crippen LogP contribution < -0.4 is 15.4 Å². The first-order chi connectivity index (χ1) is 13.9. The number of aliphatic imine (C=N–C) groups is 1. The molecule has 0 saturated heterocycles. The molecule has 2 rings (SSSR count). The van der Waals surface area contributed by atoms with Crippen LogP contribution in [0.15, 0.2) is 23.2 Å².